The van der Waals surface area contributed by atoms with Gasteiger partial charge in [0.15, 0.2) is 0 Å². The van der Waals surface area contributed by atoms with Crippen LogP contribution in [0.1, 0.15) is 19.3 Å². The maximum absolute atomic E-state index is 11.8. The molecule has 1 amide bonds. The van der Waals surface area contributed by atoms with Gasteiger partial charge in [-0.15, -0.1) is 0 Å². The molecular formula is C18H22N2O2. The van der Waals surface area contributed by atoms with Gasteiger partial charge in [-0.3, -0.25) is 4.79 Å². The second-order valence-electron chi connectivity index (χ2n) is 5.67. The van der Waals surface area contributed by atoms with Crippen molar-refractivity contribution in [2.24, 2.45) is 0 Å². The molecular weight excluding hydrogens is 276 g/mol. The third-order valence-electron chi connectivity index (χ3n) is 4.03. The first-order chi connectivity index (χ1) is 10.8. The van der Waals surface area contributed by atoms with Crippen LogP contribution >= 0.6 is 0 Å². The van der Waals surface area contributed by atoms with Gasteiger partial charge >= 0.3 is 0 Å². The lowest BCUT2D eigenvalue weighted by Crippen LogP contribution is -2.33. The smallest absolute Gasteiger partial charge is 0.221 e. The van der Waals surface area contributed by atoms with E-state index in [0.717, 1.165) is 29.5 Å². The summed E-state index contributed by atoms with van der Waals surface area (Å²) in [4.78, 5) is 11.8. The lowest BCUT2D eigenvalue weighted by atomic mass is 10.1. The Labute approximate surface area is 130 Å². The minimum atomic E-state index is 0.0981. The largest absolute Gasteiger partial charge is 0.491 e. The van der Waals surface area contributed by atoms with Crippen molar-refractivity contribution < 1.29 is 9.53 Å². The third-order valence-corrected chi connectivity index (χ3v) is 4.03. The fourth-order valence-electron chi connectivity index (χ4n) is 2.90. The molecule has 4 heteroatoms. The summed E-state index contributed by atoms with van der Waals surface area (Å²) >= 11 is 0. The highest BCUT2D eigenvalue weighted by Crippen LogP contribution is 2.24. The van der Waals surface area contributed by atoms with Crippen molar-refractivity contribution in [2.75, 3.05) is 19.7 Å². The van der Waals surface area contributed by atoms with Crippen LogP contribution in [-0.2, 0) is 4.79 Å². The molecule has 1 unspecified atom stereocenters. The minimum absolute atomic E-state index is 0.0981. The standard InChI is InChI=1S/C18H22N2O2/c21-18(13-15-7-4-10-19-15)20-11-12-22-17-9-3-6-14-5-1-2-8-16(14)17/h1-3,5-6,8-9,15,19H,4,7,10-13H2,(H,20,21). The molecule has 1 heterocycles. The van der Waals surface area contributed by atoms with E-state index in [1.54, 1.807) is 0 Å². The molecule has 1 aliphatic rings. The van der Waals surface area contributed by atoms with Gasteiger partial charge in [0.2, 0.25) is 5.91 Å². The molecule has 116 valence electrons. The van der Waals surface area contributed by atoms with Crippen molar-refractivity contribution in [1.82, 2.24) is 10.6 Å². The molecule has 2 N–H and O–H groups in total. The van der Waals surface area contributed by atoms with Crippen LogP contribution in [-0.4, -0.2) is 31.6 Å². The minimum Gasteiger partial charge on any atom is -0.491 e. The molecule has 2 aromatic rings. The predicted octanol–water partition coefficient (Wildman–Crippen LogP) is 2.48. The molecule has 0 bridgehead atoms. The highest BCUT2D eigenvalue weighted by molar-refractivity contribution is 5.88. The average molecular weight is 298 g/mol. The van der Waals surface area contributed by atoms with E-state index in [4.69, 9.17) is 4.74 Å². The van der Waals surface area contributed by atoms with Gasteiger partial charge in [0.25, 0.3) is 0 Å². The first-order valence-electron chi connectivity index (χ1n) is 7.93. The van der Waals surface area contributed by atoms with Crippen LogP contribution in [0.2, 0.25) is 0 Å². The summed E-state index contributed by atoms with van der Waals surface area (Å²) < 4.78 is 5.81. The summed E-state index contributed by atoms with van der Waals surface area (Å²) in [5, 5.41) is 8.52. The van der Waals surface area contributed by atoms with Crippen LogP contribution in [0.15, 0.2) is 42.5 Å². The summed E-state index contributed by atoms with van der Waals surface area (Å²) in [6.45, 7) is 2.05. The molecule has 22 heavy (non-hydrogen) atoms. The number of amides is 1. The number of hydrogen-bond donors (Lipinski definition) is 2. The van der Waals surface area contributed by atoms with Gasteiger partial charge in [-0.1, -0.05) is 36.4 Å². The van der Waals surface area contributed by atoms with E-state index in [1.165, 1.54) is 6.42 Å². The van der Waals surface area contributed by atoms with Gasteiger partial charge in [0.05, 0.1) is 6.54 Å². The molecule has 1 atom stereocenters. The van der Waals surface area contributed by atoms with Crippen molar-refractivity contribution in [2.45, 2.75) is 25.3 Å². The number of nitrogens with one attached hydrogen (secondary N) is 2. The summed E-state index contributed by atoms with van der Waals surface area (Å²) in [5.74, 6) is 0.964. The van der Waals surface area contributed by atoms with Crippen LogP contribution in [0.25, 0.3) is 10.8 Å². The molecule has 0 spiro atoms. The first kappa shape index (κ1) is 14.9. The molecule has 1 fully saturated rings. The Morgan fingerprint density at radius 3 is 2.95 bits per heavy atom. The average Bonchev–Trinajstić information content (AvgIpc) is 3.04. The summed E-state index contributed by atoms with van der Waals surface area (Å²) in [6.07, 6.45) is 2.83. The van der Waals surface area contributed by atoms with Crippen LogP contribution in [0.3, 0.4) is 0 Å². The topological polar surface area (TPSA) is 50.4 Å². The van der Waals surface area contributed by atoms with Crippen LogP contribution in [0.4, 0.5) is 0 Å². The Morgan fingerprint density at radius 1 is 1.23 bits per heavy atom. The number of hydrogen-bond acceptors (Lipinski definition) is 3. The van der Waals surface area contributed by atoms with Gasteiger partial charge < -0.3 is 15.4 Å². The normalized spacial score (nSPS) is 17.5. The van der Waals surface area contributed by atoms with Gasteiger partial charge in [-0.05, 0) is 30.8 Å². The zero-order chi connectivity index (χ0) is 15.2. The molecule has 4 nitrogen and oxygen atoms in total. The fraction of sp³-hybridized carbons (Fsp3) is 0.389. The number of rotatable bonds is 6. The first-order valence-corrected chi connectivity index (χ1v) is 7.93. The van der Waals surface area contributed by atoms with Gasteiger partial charge in [-0.2, -0.15) is 0 Å². The molecule has 0 saturated carbocycles. The lowest BCUT2D eigenvalue weighted by Gasteiger charge is -2.12. The zero-order valence-corrected chi connectivity index (χ0v) is 12.7. The number of carbonyl (C=O) groups excluding carboxylic acids is 1. The fourth-order valence-corrected chi connectivity index (χ4v) is 2.90. The summed E-state index contributed by atoms with van der Waals surface area (Å²) in [5.41, 5.74) is 0. The van der Waals surface area contributed by atoms with E-state index in [0.29, 0.717) is 25.6 Å². The Balaban J connectivity index is 1.45. The van der Waals surface area contributed by atoms with Gasteiger partial charge in [0.1, 0.15) is 12.4 Å². The number of benzene rings is 2. The van der Waals surface area contributed by atoms with Crippen LogP contribution in [0.5, 0.6) is 5.75 Å². The van der Waals surface area contributed by atoms with Crippen molar-refractivity contribution in [3.05, 3.63) is 42.5 Å². The monoisotopic (exact) mass is 298 g/mol. The molecule has 0 aliphatic carbocycles. The molecule has 1 aliphatic heterocycles. The van der Waals surface area contributed by atoms with Crippen molar-refractivity contribution in [1.29, 1.82) is 0 Å². The molecule has 0 radical (unpaired) electrons. The van der Waals surface area contributed by atoms with E-state index in [9.17, 15) is 4.79 Å². The van der Waals surface area contributed by atoms with Gasteiger partial charge in [-0.25, -0.2) is 0 Å². The number of fused-ring (bicyclic) bond motifs is 1. The highest BCUT2D eigenvalue weighted by atomic mass is 16.5. The maximum atomic E-state index is 11.8. The summed E-state index contributed by atoms with van der Waals surface area (Å²) in [7, 11) is 0. The Bertz CT molecular complexity index is 631. The van der Waals surface area contributed by atoms with E-state index in [1.807, 2.05) is 24.3 Å². The van der Waals surface area contributed by atoms with E-state index in [2.05, 4.69) is 28.8 Å². The van der Waals surface area contributed by atoms with Crippen LogP contribution < -0.4 is 15.4 Å². The quantitative estimate of drug-likeness (QED) is 0.806. The van der Waals surface area contributed by atoms with Crippen molar-refractivity contribution >= 4 is 16.7 Å². The van der Waals surface area contributed by atoms with E-state index in [-0.39, 0.29) is 5.91 Å². The van der Waals surface area contributed by atoms with E-state index < -0.39 is 0 Å². The van der Waals surface area contributed by atoms with Crippen molar-refractivity contribution in [3.63, 3.8) is 0 Å². The van der Waals surface area contributed by atoms with Crippen LogP contribution in [0, 0.1) is 0 Å². The third kappa shape index (κ3) is 3.77. The van der Waals surface area contributed by atoms with E-state index >= 15 is 0 Å². The highest BCUT2D eigenvalue weighted by Gasteiger charge is 2.17. The SMILES string of the molecule is O=C(CC1CCCN1)NCCOc1cccc2ccccc12. The molecule has 2 aromatic carbocycles. The number of ether oxygens (including phenoxy) is 1. The predicted molar refractivity (Wildman–Crippen MR) is 88.1 cm³/mol. The summed E-state index contributed by atoms with van der Waals surface area (Å²) in [6, 6.07) is 14.5. The lowest BCUT2D eigenvalue weighted by molar-refractivity contribution is -0.121. The maximum Gasteiger partial charge on any atom is 0.221 e. The molecule has 1 saturated heterocycles. The van der Waals surface area contributed by atoms with Crippen molar-refractivity contribution in [3.8, 4) is 5.75 Å². The Morgan fingerprint density at radius 2 is 2.09 bits per heavy atom. The number of carbonyl (C=O) groups is 1. The molecule has 3 rings (SSSR count). The van der Waals surface area contributed by atoms with Gasteiger partial charge in [0, 0.05) is 17.8 Å². The zero-order valence-electron chi connectivity index (χ0n) is 12.7. The second kappa shape index (κ2) is 7.27. The Hall–Kier alpha value is -2.07. The second-order valence-corrected chi connectivity index (χ2v) is 5.67. The Kier molecular flexibility index (Phi) is 4.91. The molecule has 0 aromatic heterocycles.